The van der Waals surface area contributed by atoms with Gasteiger partial charge in [-0.3, -0.25) is 4.79 Å². The van der Waals surface area contributed by atoms with Crippen molar-refractivity contribution in [2.45, 2.75) is 25.2 Å². The fraction of sp³-hybridized carbons (Fsp3) is 0.190. The Morgan fingerprint density at radius 2 is 1.76 bits per heavy atom. The normalized spacial score (nSPS) is 11.3. The molecule has 0 saturated carbocycles. The molecule has 1 N–H and O–H groups in total. The Morgan fingerprint density at radius 3 is 2.45 bits per heavy atom. The average Bonchev–Trinajstić information content (AvgIpc) is 2.70. The monoisotopic (exact) mass is 417 g/mol. The number of carbonyl (C=O) groups is 1. The summed E-state index contributed by atoms with van der Waals surface area (Å²) in [5.41, 5.74) is 2.30. The largest absolute Gasteiger partial charge is 0.433 e. The molecule has 150 valence electrons. The molecule has 0 bridgehead atoms. The van der Waals surface area contributed by atoms with E-state index in [1.807, 2.05) is 26.0 Å². The third kappa shape index (κ3) is 5.35. The van der Waals surface area contributed by atoms with Crippen LogP contribution in [-0.2, 0) is 11.0 Å². The molecule has 4 nitrogen and oxygen atoms in total. The molecule has 0 radical (unpaired) electrons. The maximum absolute atomic E-state index is 13.3. The van der Waals surface area contributed by atoms with Gasteiger partial charge < -0.3 is 5.32 Å². The topological polar surface area (TPSA) is 54.9 Å². The van der Waals surface area contributed by atoms with Gasteiger partial charge in [0.05, 0.1) is 11.4 Å². The third-order valence-corrected chi connectivity index (χ3v) is 5.12. The number of aryl methyl sites for hydroxylation is 1. The van der Waals surface area contributed by atoms with E-state index in [0.717, 1.165) is 29.0 Å². The second kappa shape index (κ2) is 8.65. The number of anilines is 1. The highest BCUT2D eigenvalue weighted by Crippen LogP contribution is 2.32. The van der Waals surface area contributed by atoms with Crippen LogP contribution in [0.1, 0.15) is 16.8 Å². The Hall–Kier alpha value is -2.87. The second-order valence-corrected chi connectivity index (χ2v) is 7.31. The fourth-order valence-electron chi connectivity index (χ4n) is 2.59. The molecule has 1 heterocycles. The summed E-state index contributed by atoms with van der Waals surface area (Å²) in [4.78, 5) is 20.1. The van der Waals surface area contributed by atoms with E-state index in [0.29, 0.717) is 11.3 Å². The minimum atomic E-state index is -4.61. The lowest BCUT2D eigenvalue weighted by molar-refractivity contribution is -0.141. The number of alkyl halides is 3. The van der Waals surface area contributed by atoms with E-state index >= 15 is 0 Å². The van der Waals surface area contributed by atoms with Crippen LogP contribution in [0.3, 0.4) is 0 Å². The van der Waals surface area contributed by atoms with Crippen LogP contribution < -0.4 is 5.32 Å². The molecule has 29 heavy (non-hydrogen) atoms. The molecule has 0 aliphatic carbocycles. The van der Waals surface area contributed by atoms with Crippen LogP contribution in [0.2, 0.25) is 0 Å². The lowest BCUT2D eigenvalue weighted by atomic mass is 10.1. The smallest absolute Gasteiger partial charge is 0.325 e. The molecule has 0 saturated heterocycles. The maximum Gasteiger partial charge on any atom is 0.433 e. The van der Waals surface area contributed by atoms with Gasteiger partial charge in [0.2, 0.25) is 5.91 Å². The molecule has 0 aliphatic heterocycles. The van der Waals surface area contributed by atoms with Crippen LogP contribution in [-0.4, -0.2) is 21.6 Å². The molecular formula is C21H18F3N3OS. The van der Waals surface area contributed by atoms with Gasteiger partial charge in [-0.1, -0.05) is 54.2 Å². The van der Waals surface area contributed by atoms with E-state index in [1.54, 1.807) is 36.4 Å². The Labute approximate surface area is 170 Å². The van der Waals surface area contributed by atoms with Crippen LogP contribution in [0, 0.1) is 13.8 Å². The van der Waals surface area contributed by atoms with E-state index in [2.05, 4.69) is 15.3 Å². The minimum Gasteiger partial charge on any atom is -0.325 e. The fourth-order valence-corrected chi connectivity index (χ4v) is 3.25. The maximum atomic E-state index is 13.3. The van der Waals surface area contributed by atoms with Crippen LogP contribution in [0.15, 0.2) is 59.8 Å². The predicted octanol–water partition coefficient (Wildman–Crippen LogP) is 5.51. The van der Waals surface area contributed by atoms with Gasteiger partial charge in [0.25, 0.3) is 0 Å². The summed E-state index contributed by atoms with van der Waals surface area (Å²) in [7, 11) is 0. The first-order valence-electron chi connectivity index (χ1n) is 8.74. The first-order chi connectivity index (χ1) is 13.7. The number of amides is 1. The number of carbonyl (C=O) groups excluding carboxylic acids is 1. The lowest BCUT2D eigenvalue weighted by Crippen LogP contribution is -2.16. The van der Waals surface area contributed by atoms with Gasteiger partial charge in [0.15, 0.2) is 5.16 Å². The van der Waals surface area contributed by atoms with Gasteiger partial charge in [-0.25, -0.2) is 9.97 Å². The molecule has 3 rings (SSSR count). The van der Waals surface area contributed by atoms with Gasteiger partial charge >= 0.3 is 6.18 Å². The first kappa shape index (κ1) is 20.9. The zero-order valence-corrected chi connectivity index (χ0v) is 16.6. The molecule has 3 aromatic rings. The number of nitrogens with zero attached hydrogens (tertiary/aromatic N) is 2. The Balaban J connectivity index is 1.79. The van der Waals surface area contributed by atoms with Gasteiger partial charge in [-0.2, -0.15) is 13.2 Å². The lowest BCUT2D eigenvalue weighted by Gasteiger charge is -2.12. The number of rotatable bonds is 5. The predicted molar refractivity (Wildman–Crippen MR) is 108 cm³/mol. The molecule has 0 aliphatic rings. The summed E-state index contributed by atoms with van der Waals surface area (Å²) in [6.45, 7) is 3.82. The van der Waals surface area contributed by atoms with E-state index in [4.69, 9.17) is 0 Å². The van der Waals surface area contributed by atoms with Crippen molar-refractivity contribution in [2.75, 3.05) is 11.1 Å². The summed E-state index contributed by atoms with van der Waals surface area (Å²) in [6.07, 6.45) is -4.61. The Bertz CT molecular complexity index is 1020. The van der Waals surface area contributed by atoms with Crippen LogP contribution in [0.5, 0.6) is 0 Å². The van der Waals surface area contributed by atoms with E-state index in [-0.39, 0.29) is 22.5 Å². The van der Waals surface area contributed by atoms with Gasteiger partial charge in [0, 0.05) is 11.3 Å². The van der Waals surface area contributed by atoms with Crippen molar-refractivity contribution in [2.24, 2.45) is 0 Å². The number of halogens is 3. The van der Waals surface area contributed by atoms with Crippen LogP contribution in [0.4, 0.5) is 18.9 Å². The highest BCUT2D eigenvalue weighted by molar-refractivity contribution is 7.99. The molecule has 0 spiro atoms. The standard InChI is InChI=1S/C21H18F3N3OS/c1-13-7-6-10-16(14(13)2)25-19(28)12-29-20-26-17(15-8-4-3-5-9-15)11-18(27-20)21(22,23)24/h3-11H,12H2,1-2H3,(H,25,28). The molecule has 8 heteroatoms. The van der Waals surface area contributed by atoms with Crippen molar-refractivity contribution in [3.8, 4) is 11.3 Å². The van der Waals surface area contributed by atoms with Gasteiger partial charge in [0.1, 0.15) is 5.69 Å². The Kier molecular flexibility index (Phi) is 6.22. The van der Waals surface area contributed by atoms with Crippen molar-refractivity contribution >= 4 is 23.4 Å². The third-order valence-electron chi connectivity index (χ3n) is 4.28. The van der Waals surface area contributed by atoms with Gasteiger partial charge in [-0.15, -0.1) is 0 Å². The summed E-state index contributed by atoms with van der Waals surface area (Å²) in [6, 6.07) is 15.0. The zero-order chi connectivity index (χ0) is 21.0. The van der Waals surface area contributed by atoms with Crippen molar-refractivity contribution in [3.63, 3.8) is 0 Å². The van der Waals surface area contributed by atoms with Crippen molar-refractivity contribution < 1.29 is 18.0 Å². The summed E-state index contributed by atoms with van der Waals surface area (Å²) >= 11 is 0.863. The van der Waals surface area contributed by atoms with Crippen molar-refractivity contribution in [3.05, 3.63) is 71.4 Å². The molecule has 2 aromatic carbocycles. The summed E-state index contributed by atoms with van der Waals surface area (Å²) in [5, 5.41) is 2.67. The number of hydrogen-bond acceptors (Lipinski definition) is 4. The zero-order valence-electron chi connectivity index (χ0n) is 15.7. The highest BCUT2D eigenvalue weighted by Gasteiger charge is 2.34. The Morgan fingerprint density at radius 1 is 1.03 bits per heavy atom. The SMILES string of the molecule is Cc1cccc(NC(=O)CSc2nc(-c3ccccc3)cc(C(F)(F)F)n2)c1C. The molecule has 0 unspecified atom stereocenters. The number of nitrogens with one attached hydrogen (secondary N) is 1. The highest BCUT2D eigenvalue weighted by atomic mass is 32.2. The summed E-state index contributed by atoms with van der Waals surface area (Å²) < 4.78 is 39.8. The number of hydrogen-bond donors (Lipinski definition) is 1. The summed E-state index contributed by atoms with van der Waals surface area (Å²) in [5.74, 6) is -0.450. The van der Waals surface area contributed by atoms with E-state index in [9.17, 15) is 18.0 Å². The molecular weight excluding hydrogens is 399 g/mol. The molecule has 0 fully saturated rings. The molecule has 1 amide bonds. The van der Waals surface area contributed by atoms with Crippen molar-refractivity contribution in [1.29, 1.82) is 0 Å². The second-order valence-electron chi connectivity index (χ2n) is 6.37. The molecule has 0 atom stereocenters. The van der Waals surface area contributed by atoms with Gasteiger partial charge in [-0.05, 0) is 37.1 Å². The number of thioether (sulfide) groups is 1. The number of aromatic nitrogens is 2. The van der Waals surface area contributed by atoms with Crippen LogP contribution in [0.25, 0.3) is 11.3 Å². The van der Waals surface area contributed by atoms with E-state index < -0.39 is 11.9 Å². The quantitative estimate of drug-likeness (QED) is 0.439. The first-order valence-corrected chi connectivity index (χ1v) is 9.73. The van der Waals surface area contributed by atoms with Crippen molar-refractivity contribution in [1.82, 2.24) is 9.97 Å². The molecule has 1 aromatic heterocycles. The minimum absolute atomic E-state index is 0.102. The van der Waals surface area contributed by atoms with E-state index in [1.165, 1.54) is 0 Å². The number of benzene rings is 2. The average molecular weight is 417 g/mol. The van der Waals surface area contributed by atoms with Crippen LogP contribution >= 0.6 is 11.8 Å².